The van der Waals surface area contributed by atoms with Crippen LogP contribution in [0.4, 0.5) is 0 Å². The van der Waals surface area contributed by atoms with Gasteiger partial charge in [0, 0.05) is 0 Å². The van der Waals surface area contributed by atoms with E-state index in [0.717, 1.165) is 32.1 Å². The summed E-state index contributed by atoms with van der Waals surface area (Å²) < 4.78 is 0. The Morgan fingerprint density at radius 1 is 1.35 bits per heavy atom. The summed E-state index contributed by atoms with van der Waals surface area (Å²) in [6.07, 6.45) is 4.88. The normalized spacial score (nSPS) is 43.4. The standard InChI is InChI=1S/C15H26O2/c1-10-5-6-11(14(2,3)16)9-13-12(10)7-8-15(13,4)17/h11-13,16-17H,1,5-9H2,2-4H3/t11-,12-,13+,15+/m0/s1. The summed E-state index contributed by atoms with van der Waals surface area (Å²) in [5.74, 6) is 1.03. The van der Waals surface area contributed by atoms with E-state index in [9.17, 15) is 10.2 Å². The molecule has 2 nitrogen and oxygen atoms in total. The van der Waals surface area contributed by atoms with Crippen molar-refractivity contribution >= 4 is 0 Å². The van der Waals surface area contributed by atoms with Crippen molar-refractivity contribution in [3.63, 3.8) is 0 Å². The number of fused-ring (bicyclic) bond motifs is 1. The van der Waals surface area contributed by atoms with E-state index in [2.05, 4.69) is 6.58 Å². The average molecular weight is 238 g/mol. The van der Waals surface area contributed by atoms with Gasteiger partial charge in [-0.15, -0.1) is 0 Å². The third kappa shape index (κ3) is 2.43. The average Bonchev–Trinajstić information content (AvgIpc) is 2.37. The summed E-state index contributed by atoms with van der Waals surface area (Å²) in [7, 11) is 0. The molecule has 0 spiro atoms. The van der Waals surface area contributed by atoms with Crippen molar-refractivity contribution in [1.82, 2.24) is 0 Å². The molecular weight excluding hydrogens is 212 g/mol. The largest absolute Gasteiger partial charge is 0.390 e. The first-order chi connectivity index (χ1) is 7.72. The third-order valence-electron chi connectivity index (χ3n) is 5.12. The minimum absolute atomic E-state index is 0.277. The van der Waals surface area contributed by atoms with Crippen LogP contribution in [-0.4, -0.2) is 21.4 Å². The predicted octanol–water partition coefficient (Wildman–Crippen LogP) is 2.89. The Bertz CT molecular complexity index is 311. The molecule has 2 fully saturated rings. The molecule has 17 heavy (non-hydrogen) atoms. The zero-order valence-electron chi connectivity index (χ0n) is 11.4. The van der Waals surface area contributed by atoms with Crippen LogP contribution < -0.4 is 0 Å². The van der Waals surface area contributed by atoms with Gasteiger partial charge >= 0.3 is 0 Å². The molecule has 0 aromatic carbocycles. The van der Waals surface area contributed by atoms with Crippen molar-refractivity contribution in [2.75, 3.05) is 0 Å². The smallest absolute Gasteiger partial charge is 0.0653 e. The zero-order valence-corrected chi connectivity index (χ0v) is 11.4. The fourth-order valence-electron chi connectivity index (χ4n) is 3.79. The highest BCUT2D eigenvalue weighted by atomic mass is 16.3. The van der Waals surface area contributed by atoms with Crippen molar-refractivity contribution < 1.29 is 10.2 Å². The second-order valence-corrected chi connectivity index (χ2v) is 6.89. The van der Waals surface area contributed by atoms with Gasteiger partial charge in [-0.1, -0.05) is 12.2 Å². The summed E-state index contributed by atoms with van der Waals surface area (Å²) in [5, 5.41) is 20.7. The molecule has 2 saturated carbocycles. The lowest BCUT2D eigenvalue weighted by atomic mass is 9.76. The quantitative estimate of drug-likeness (QED) is 0.690. The van der Waals surface area contributed by atoms with E-state index in [1.54, 1.807) is 0 Å². The summed E-state index contributed by atoms with van der Waals surface area (Å²) in [5.41, 5.74) is 0.0782. The minimum Gasteiger partial charge on any atom is -0.390 e. The molecule has 0 aromatic rings. The van der Waals surface area contributed by atoms with Gasteiger partial charge in [0.1, 0.15) is 0 Å². The molecule has 0 radical (unpaired) electrons. The number of allylic oxidation sites excluding steroid dienone is 1. The third-order valence-corrected chi connectivity index (χ3v) is 5.12. The van der Waals surface area contributed by atoms with Crippen LogP contribution in [0.5, 0.6) is 0 Å². The SMILES string of the molecule is C=C1CC[C@H](C(C)(C)O)C[C@@H]2[C@H]1CC[C@@]2(C)O. The molecule has 0 bridgehead atoms. The van der Waals surface area contributed by atoms with Gasteiger partial charge in [0.25, 0.3) is 0 Å². The highest BCUT2D eigenvalue weighted by molar-refractivity contribution is 5.13. The minimum atomic E-state index is -0.645. The van der Waals surface area contributed by atoms with E-state index < -0.39 is 11.2 Å². The number of hydrogen-bond acceptors (Lipinski definition) is 2. The van der Waals surface area contributed by atoms with Gasteiger partial charge in [-0.05, 0) is 70.6 Å². The maximum atomic E-state index is 10.5. The number of hydrogen-bond donors (Lipinski definition) is 2. The Hall–Kier alpha value is -0.340. The van der Waals surface area contributed by atoms with Gasteiger partial charge in [0.15, 0.2) is 0 Å². The van der Waals surface area contributed by atoms with Gasteiger partial charge in [0.2, 0.25) is 0 Å². The Balaban J connectivity index is 2.24. The Morgan fingerprint density at radius 2 is 2.00 bits per heavy atom. The van der Waals surface area contributed by atoms with Gasteiger partial charge in [-0.3, -0.25) is 0 Å². The van der Waals surface area contributed by atoms with E-state index in [1.807, 2.05) is 20.8 Å². The maximum absolute atomic E-state index is 10.5. The highest BCUT2D eigenvalue weighted by Crippen LogP contribution is 2.51. The van der Waals surface area contributed by atoms with Crippen molar-refractivity contribution in [2.24, 2.45) is 17.8 Å². The molecule has 98 valence electrons. The van der Waals surface area contributed by atoms with Crippen LogP contribution in [0.15, 0.2) is 12.2 Å². The van der Waals surface area contributed by atoms with E-state index >= 15 is 0 Å². The molecule has 0 amide bonds. The van der Waals surface area contributed by atoms with Crippen LogP contribution in [0.25, 0.3) is 0 Å². The van der Waals surface area contributed by atoms with Crippen molar-refractivity contribution in [3.05, 3.63) is 12.2 Å². The summed E-state index contributed by atoms with van der Waals surface area (Å²) in [6.45, 7) is 9.95. The Kier molecular flexibility index (Phi) is 3.16. The van der Waals surface area contributed by atoms with Crippen molar-refractivity contribution in [1.29, 1.82) is 0 Å². The molecule has 2 N–H and O–H groups in total. The lowest BCUT2D eigenvalue weighted by Crippen LogP contribution is -2.37. The molecule has 0 heterocycles. The molecule has 2 rings (SSSR count). The Morgan fingerprint density at radius 3 is 2.59 bits per heavy atom. The topological polar surface area (TPSA) is 40.5 Å². The van der Waals surface area contributed by atoms with Crippen LogP contribution in [0.2, 0.25) is 0 Å². The Labute approximate surface area is 105 Å². The van der Waals surface area contributed by atoms with Crippen LogP contribution in [0.1, 0.15) is 52.9 Å². The van der Waals surface area contributed by atoms with Gasteiger partial charge < -0.3 is 10.2 Å². The summed E-state index contributed by atoms with van der Waals surface area (Å²) >= 11 is 0. The van der Waals surface area contributed by atoms with E-state index in [4.69, 9.17) is 0 Å². The zero-order chi connectivity index (χ0) is 12.8. The maximum Gasteiger partial charge on any atom is 0.0653 e. The van der Waals surface area contributed by atoms with Crippen LogP contribution in [0.3, 0.4) is 0 Å². The van der Waals surface area contributed by atoms with E-state index in [1.165, 1.54) is 5.57 Å². The molecule has 0 saturated heterocycles. The number of aliphatic hydroxyl groups is 2. The first kappa shape index (κ1) is 13.1. The molecule has 4 atom stereocenters. The van der Waals surface area contributed by atoms with E-state index in [0.29, 0.717) is 5.92 Å². The molecule has 0 unspecified atom stereocenters. The second-order valence-electron chi connectivity index (χ2n) is 6.89. The summed E-state index contributed by atoms with van der Waals surface area (Å²) in [6, 6.07) is 0. The van der Waals surface area contributed by atoms with Crippen LogP contribution in [-0.2, 0) is 0 Å². The highest BCUT2D eigenvalue weighted by Gasteiger charge is 2.48. The van der Waals surface area contributed by atoms with Crippen LogP contribution >= 0.6 is 0 Å². The van der Waals surface area contributed by atoms with Crippen molar-refractivity contribution in [3.8, 4) is 0 Å². The molecule has 2 heteroatoms. The first-order valence-corrected chi connectivity index (χ1v) is 6.84. The van der Waals surface area contributed by atoms with E-state index in [-0.39, 0.29) is 11.8 Å². The molecule has 0 aliphatic heterocycles. The first-order valence-electron chi connectivity index (χ1n) is 6.84. The molecule has 2 aliphatic rings. The molecule has 2 aliphatic carbocycles. The van der Waals surface area contributed by atoms with Crippen molar-refractivity contribution in [2.45, 2.75) is 64.1 Å². The summed E-state index contributed by atoms with van der Waals surface area (Å²) in [4.78, 5) is 0. The lowest BCUT2D eigenvalue weighted by Gasteiger charge is -2.35. The second kappa shape index (κ2) is 4.10. The molecule has 0 aromatic heterocycles. The van der Waals surface area contributed by atoms with Gasteiger partial charge in [0.05, 0.1) is 11.2 Å². The monoisotopic (exact) mass is 238 g/mol. The van der Waals surface area contributed by atoms with Crippen LogP contribution in [0, 0.1) is 17.8 Å². The fraction of sp³-hybridized carbons (Fsp3) is 0.867. The predicted molar refractivity (Wildman–Crippen MR) is 69.6 cm³/mol. The fourth-order valence-corrected chi connectivity index (χ4v) is 3.79. The molecular formula is C15H26O2. The lowest BCUT2D eigenvalue weighted by molar-refractivity contribution is -0.0325. The van der Waals surface area contributed by atoms with Gasteiger partial charge in [-0.25, -0.2) is 0 Å². The van der Waals surface area contributed by atoms with Gasteiger partial charge in [-0.2, -0.15) is 0 Å². The number of rotatable bonds is 1.